The van der Waals surface area contributed by atoms with Crippen LogP contribution < -0.4 is 0 Å². The van der Waals surface area contributed by atoms with E-state index in [0.717, 1.165) is 22.1 Å². The van der Waals surface area contributed by atoms with Crippen LogP contribution in [0, 0.1) is 0 Å². The minimum atomic E-state index is -0.0489. The van der Waals surface area contributed by atoms with Crippen molar-refractivity contribution < 1.29 is 0 Å². The third-order valence-electron chi connectivity index (χ3n) is 19.9. The largest absolute Gasteiger partial charge is 0.353 e. The molecule has 0 aliphatic carbocycles. The molecule has 0 atom stereocenters. The summed E-state index contributed by atoms with van der Waals surface area (Å²) in [5.74, 6) is 0. The van der Waals surface area contributed by atoms with Crippen molar-refractivity contribution in [3.63, 3.8) is 0 Å². The van der Waals surface area contributed by atoms with Gasteiger partial charge in [0.25, 0.3) is 0 Å². The Labute approximate surface area is 557 Å². The molecule has 0 radical (unpaired) electrons. The zero-order chi connectivity index (χ0) is 66.3. The Kier molecular flexibility index (Phi) is 14.6. The monoisotopic (exact) mass is 1250 g/mol. The van der Waals surface area contributed by atoms with Gasteiger partial charge in [-0.2, -0.15) is 0 Å². The van der Waals surface area contributed by atoms with Crippen LogP contribution in [0.25, 0.3) is 128 Å². The van der Waals surface area contributed by atoms with Crippen molar-refractivity contribution in [2.24, 2.45) is 0 Å². The molecule has 13 aromatic rings. The van der Waals surface area contributed by atoms with E-state index in [1.54, 1.807) is 0 Å². The predicted octanol–water partition coefficient (Wildman–Crippen LogP) is 27.3. The molecule has 0 spiro atoms. The number of fused-ring (bicyclic) bond motifs is 10. The average molecular weight is 1250 g/mol. The average Bonchev–Trinajstić information content (AvgIpc) is 1.54. The first-order valence-corrected chi connectivity index (χ1v) is 35.3. The van der Waals surface area contributed by atoms with Gasteiger partial charge in [0.1, 0.15) is 0 Å². The second kappa shape index (κ2) is 21.1. The summed E-state index contributed by atoms with van der Waals surface area (Å²) >= 11 is 3.83. The van der Waals surface area contributed by atoms with Crippen molar-refractivity contribution >= 4 is 107 Å². The Bertz CT molecular complexity index is 4430. The summed E-state index contributed by atoms with van der Waals surface area (Å²) in [5.41, 5.74) is 25.0. The number of thiophene rings is 2. The molecule has 472 valence electrons. The minimum Gasteiger partial charge on any atom is -0.353 e. The van der Waals surface area contributed by atoms with E-state index in [1.807, 2.05) is 22.7 Å². The van der Waals surface area contributed by atoms with E-state index >= 15 is 0 Å². The molecule has 8 aromatic carbocycles. The summed E-state index contributed by atoms with van der Waals surface area (Å²) in [5, 5.41) is 9.82. The predicted molar refractivity (Wildman–Crippen MR) is 411 cm³/mol. The molecule has 5 aromatic heterocycles. The molecule has 0 aliphatic rings. The van der Waals surface area contributed by atoms with Crippen LogP contribution >= 0.6 is 22.7 Å². The van der Waals surface area contributed by atoms with Gasteiger partial charge in [0.15, 0.2) is 0 Å². The summed E-state index contributed by atoms with van der Waals surface area (Å²) in [6, 6.07) is 59.4. The Hall–Kier alpha value is -7.24. The number of hydrogen-bond donors (Lipinski definition) is 2. The summed E-state index contributed by atoms with van der Waals surface area (Å²) < 4.78 is 4.93. The summed E-state index contributed by atoms with van der Waals surface area (Å²) in [6.45, 7) is 56.5. The number of aromatic amines is 2. The molecule has 92 heavy (non-hydrogen) atoms. The van der Waals surface area contributed by atoms with E-state index in [0.29, 0.717) is 0 Å². The molecule has 4 heteroatoms. The number of benzene rings is 8. The van der Waals surface area contributed by atoms with E-state index in [4.69, 9.17) is 0 Å². The molecule has 8 bridgehead atoms. The van der Waals surface area contributed by atoms with Gasteiger partial charge >= 0.3 is 0 Å². The van der Waals surface area contributed by atoms with Gasteiger partial charge in [-0.25, -0.2) is 0 Å². The van der Waals surface area contributed by atoms with Crippen LogP contribution in [0.5, 0.6) is 0 Å². The lowest BCUT2D eigenvalue weighted by atomic mass is 9.78. The van der Waals surface area contributed by atoms with Gasteiger partial charge in [0, 0.05) is 61.9 Å². The van der Waals surface area contributed by atoms with Crippen molar-refractivity contribution in [2.45, 2.75) is 209 Å². The van der Waals surface area contributed by atoms with Gasteiger partial charge in [-0.1, -0.05) is 239 Å². The Morgan fingerprint density at radius 3 is 0.478 bits per heavy atom. The Morgan fingerprint density at radius 1 is 0.185 bits per heavy atom. The molecule has 0 saturated carbocycles. The molecule has 0 unspecified atom stereocenters. The van der Waals surface area contributed by atoms with Crippen molar-refractivity contribution in [3.8, 4) is 44.5 Å². The SMILES string of the molecule is CC(C)(C)c1cc(-c2cc3c4ccc(s4)c4cc(-c5cc(C(C)(C)C)cc(C(C)(C)C)c5)cc5c6cc(-c7cc(C(C)(C)C)cc(C(C)(C)C)c7)cc(c7ccc(s7)c7cc(-c8cc(C(C)(C)C)cc(C(C)(C)C)c8)cc8c(c2)c3[nH]c78)c6[nH]c45)cc(C(C)(C)C)c1. The summed E-state index contributed by atoms with van der Waals surface area (Å²) in [6.07, 6.45) is 0. The lowest BCUT2D eigenvalue weighted by molar-refractivity contribution is 0.568. The number of nitrogens with one attached hydrogen (secondary N) is 2. The lowest BCUT2D eigenvalue weighted by Crippen LogP contribution is -2.16. The number of hydrogen-bond acceptors (Lipinski definition) is 2. The zero-order valence-corrected chi connectivity index (χ0v) is 61.3. The van der Waals surface area contributed by atoms with E-state index in [9.17, 15) is 0 Å². The topological polar surface area (TPSA) is 31.6 Å². The molecule has 2 N–H and O–H groups in total. The van der Waals surface area contributed by atoms with Crippen molar-refractivity contribution in [3.05, 3.63) is 190 Å². The molecule has 0 amide bonds. The van der Waals surface area contributed by atoms with Crippen molar-refractivity contribution in [1.29, 1.82) is 0 Å². The fourth-order valence-electron chi connectivity index (χ4n) is 13.5. The van der Waals surface area contributed by atoms with Crippen LogP contribution in [0.1, 0.15) is 211 Å². The highest BCUT2D eigenvalue weighted by molar-refractivity contribution is 7.25. The van der Waals surface area contributed by atoms with Gasteiger partial charge in [0.05, 0.1) is 22.1 Å². The molecule has 0 saturated heterocycles. The second-order valence-electron chi connectivity index (χ2n) is 35.6. The lowest BCUT2D eigenvalue weighted by Gasteiger charge is -2.26. The normalized spacial score (nSPS) is 13.7. The zero-order valence-electron chi connectivity index (χ0n) is 59.7. The molecule has 0 aliphatic heterocycles. The van der Waals surface area contributed by atoms with E-state index in [1.165, 1.54) is 151 Å². The van der Waals surface area contributed by atoms with E-state index in [-0.39, 0.29) is 43.3 Å². The van der Waals surface area contributed by atoms with Gasteiger partial charge in [-0.15, -0.1) is 22.7 Å². The molecule has 2 nitrogen and oxygen atoms in total. The van der Waals surface area contributed by atoms with Crippen molar-refractivity contribution in [2.75, 3.05) is 0 Å². The van der Waals surface area contributed by atoms with Crippen LogP contribution in [0.4, 0.5) is 0 Å². The standard InChI is InChI=1S/C88H98N2S2/c1-81(2,3)57-29-49(30-58(45-57)82(4,5)6)53-37-65-66-38-54(50-31-59(83(7,8)9)46-60(32-50)84(10,11)12)42-70-75-27-28-76(92-75)72-44-56(52-35-63(87(19,20)21)48-64(36-52)88(22,23)24)40-68-67-39-55(51-33-61(85(13,14)15)47-62(34-51)86(16,17)18)43-71(79(67)90-80(68)72)74-26-25-73(91-74)69(41-53)77(65)89-78(66)70/h25-48,89-90H,1-24H3. The molecular weight excluding hydrogens is 1150 g/mol. The third kappa shape index (κ3) is 11.6. The van der Waals surface area contributed by atoms with E-state index < -0.39 is 0 Å². The first-order chi connectivity index (χ1) is 42.5. The van der Waals surface area contributed by atoms with Crippen LogP contribution in [-0.2, 0) is 43.3 Å². The fraction of sp³-hybridized carbons (Fsp3) is 0.364. The highest BCUT2D eigenvalue weighted by atomic mass is 32.1. The van der Waals surface area contributed by atoms with Gasteiger partial charge in [-0.3, -0.25) is 0 Å². The maximum absolute atomic E-state index is 4.27. The van der Waals surface area contributed by atoms with Gasteiger partial charge in [-0.05, 0) is 205 Å². The van der Waals surface area contributed by atoms with Crippen LogP contribution in [-0.4, -0.2) is 9.97 Å². The highest BCUT2D eigenvalue weighted by Crippen LogP contribution is 2.48. The van der Waals surface area contributed by atoms with Crippen LogP contribution in [0.15, 0.2) is 146 Å². The van der Waals surface area contributed by atoms with Gasteiger partial charge < -0.3 is 9.97 Å². The quantitative estimate of drug-likeness (QED) is 0.176. The molecular formula is C88H98N2S2. The highest BCUT2D eigenvalue weighted by Gasteiger charge is 2.28. The summed E-state index contributed by atoms with van der Waals surface area (Å²) in [7, 11) is 0. The molecule has 0 fully saturated rings. The van der Waals surface area contributed by atoms with Crippen LogP contribution in [0.3, 0.4) is 0 Å². The minimum absolute atomic E-state index is 0.0489. The maximum atomic E-state index is 4.27. The second-order valence-corrected chi connectivity index (χ2v) is 37.7. The molecule has 5 heterocycles. The molecule has 13 rings (SSSR count). The smallest absolute Gasteiger partial charge is 0.0553 e. The number of aromatic nitrogens is 2. The first kappa shape index (κ1) is 63.5. The number of H-pyrrole nitrogens is 2. The summed E-state index contributed by atoms with van der Waals surface area (Å²) in [4.78, 5) is 8.55. The van der Waals surface area contributed by atoms with Gasteiger partial charge in [0.2, 0.25) is 0 Å². The van der Waals surface area contributed by atoms with Crippen molar-refractivity contribution in [1.82, 2.24) is 9.97 Å². The van der Waals surface area contributed by atoms with E-state index in [2.05, 4.69) is 322 Å². The third-order valence-corrected chi connectivity index (χ3v) is 22.2. The van der Waals surface area contributed by atoms with Crippen LogP contribution in [0.2, 0.25) is 0 Å². The Morgan fingerprint density at radius 2 is 0.326 bits per heavy atom. The fourth-order valence-corrected chi connectivity index (χ4v) is 15.6. The number of rotatable bonds is 4. The maximum Gasteiger partial charge on any atom is 0.0553 e. The first-order valence-electron chi connectivity index (χ1n) is 33.7. The Balaban J connectivity index is 1.25.